The lowest BCUT2D eigenvalue weighted by molar-refractivity contribution is 0.312. The Morgan fingerprint density at radius 3 is 2.59 bits per heavy atom. The first-order valence-corrected chi connectivity index (χ1v) is 11.3. The Bertz CT molecular complexity index is 1100. The Morgan fingerprint density at radius 1 is 1.07 bits per heavy atom. The van der Waals surface area contributed by atoms with Gasteiger partial charge in [0.25, 0.3) is 10.0 Å². The summed E-state index contributed by atoms with van der Waals surface area (Å²) in [6, 6.07) is 5.33. The molecular weight excluding hydrogens is 412 g/mol. The van der Waals surface area contributed by atoms with E-state index in [1.807, 2.05) is 0 Å². The fourth-order valence-electron chi connectivity index (χ4n) is 2.85. The van der Waals surface area contributed by atoms with Crippen molar-refractivity contribution in [1.29, 1.82) is 0 Å². The standard InChI is InChI=1S/C17H20N8O2S2/c1-12-19-15(13-5-3-4-6-18-13)22-16(20-12)23-29(26,27)17-21-14(11-28-17)25-9-7-24(2)8-10-25/h3-6,11H,7-10H2,1-2H3,(H,19,20,22,23). The highest BCUT2D eigenvalue weighted by molar-refractivity contribution is 7.94. The molecule has 4 heterocycles. The molecule has 152 valence electrons. The number of sulfonamides is 1. The first-order valence-electron chi connectivity index (χ1n) is 8.97. The molecule has 4 rings (SSSR count). The molecule has 29 heavy (non-hydrogen) atoms. The molecule has 0 unspecified atom stereocenters. The summed E-state index contributed by atoms with van der Waals surface area (Å²) in [6.45, 7) is 5.12. The second-order valence-electron chi connectivity index (χ2n) is 6.61. The summed E-state index contributed by atoms with van der Waals surface area (Å²) in [5, 5.41) is 1.76. The van der Waals surface area contributed by atoms with Gasteiger partial charge in [0, 0.05) is 37.8 Å². The predicted octanol–water partition coefficient (Wildman–Crippen LogP) is 1.25. The predicted molar refractivity (Wildman–Crippen MR) is 110 cm³/mol. The molecule has 1 N–H and O–H groups in total. The van der Waals surface area contributed by atoms with Crippen LogP contribution in [0, 0.1) is 6.92 Å². The molecule has 0 bridgehead atoms. The Morgan fingerprint density at radius 2 is 1.86 bits per heavy atom. The lowest BCUT2D eigenvalue weighted by atomic mass is 10.3. The molecular formula is C17H20N8O2S2. The van der Waals surface area contributed by atoms with Gasteiger partial charge in [0.15, 0.2) is 5.82 Å². The molecule has 1 saturated heterocycles. The third-order valence-corrected chi connectivity index (χ3v) is 6.97. The number of aryl methyl sites for hydroxylation is 1. The van der Waals surface area contributed by atoms with E-state index in [2.05, 4.69) is 46.5 Å². The molecule has 3 aromatic heterocycles. The highest BCUT2D eigenvalue weighted by Crippen LogP contribution is 2.24. The van der Waals surface area contributed by atoms with Gasteiger partial charge in [-0.2, -0.15) is 18.4 Å². The van der Waals surface area contributed by atoms with Gasteiger partial charge in [0.05, 0.1) is 0 Å². The van der Waals surface area contributed by atoms with Gasteiger partial charge >= 0.3 is 0 Å². The first kappa shape index (κ1) is 19.6. The van der Waals surface area contributed by atoms with Gasteiger partial charge in [-0.3, -0.25) is 4.98 Å². The maximum Gasteiger partial charge on any atom is 0.291 e. The Kier molecular flexibility index (Phi) is 5.39. The van der Waals surface area contributed by atoms with Crippen LogP contribution in [0.1, 0.15) is 5.82 Å². The highest BCUT2D eigenvalue weighted by Gasteiger charge is 2.24. The molecule has 0 atom stereocenters. The van der Waals surface area contributed by atoms with E-state index in [0.29, 0.717) is 23.2 Å². The quantitative estimate of drug-likeness (QED) is 0.635. The van der Waals surface area contributed by atoms with Crippen LogP contribution in [0.15, 0.2) is 34.1 Å². The van der Waals surface area contributed by atoms with E-state index in [1.54, 1.807) is 36.7 Å². The molecule has 0 amide bonds. The molecule has 3 aromatic rings. The number of aromatic nitrogens is 5. The van der Waals surface area contributed by atoms with Crippen LogP contribution < -0.4 is 9.62 Å². The molecule has 0 aliphatic carbocycles. The minimum absolute atomic E-state index is 0.0242. The number of nitrogens with one attached hydrogen (secondary N) is 1. The summed E-state index contributed by atoms with van der Waals surface area (Å²) in [5.41, 5.74) is 0.532. The maximum atomic E-state index is 12.8. The average Bonchev–Trinajstić information content (AvgIpc) is 3.20. The van der Waals surface area contributed by atoms with Crippen LogP contribution in [-0.2, 0) is 10.0 Å². The van der Waals surface area contributed by atoms with Crippen molar-refractivity contribution in [2.24, 2.45) is 0 Å². The van der Waals surface area contributed by atoms with E-state index in [-0.39, 0.29) is 10.3 Å². The molecule has 1 aliphatic rings. The van der Waals surface area contributed by atoms with Crippen LogP contribution in [0.4, 0.5) is 11.8 Å². The number of thiazole rings is 1. The van der Waals surface area contributed by atoms with E-state index in [1.165, 1.54) is 0 Å². The normalized spacial score (nSPS) is 15.4. The highest BCUT2D eigenvalue weighted by atomic mass is 32.2. The van der Waals surface area contributed by atoms with Gasteiger partial charge in [0.1, 0.15) is 17.3 Å². The third kappa shape index (κ3) is 4.49. The van der Waals surface area contributed by atoms with Crippen molar-refractivity contribution in [2.75, 3.05) is 42.8 Å². The van der Waals surface area contributed by atoms with Gasteiger partial charge in [-0.1, -0.05) is 6.07 Å². The maximum absolute atomic E-state index is 12.8. The summed E-state index contributed by atoms with van der Waals surface area (Å²) < 4.78 is 28.0. The zero-order valence-electron chi connectivity index (χ0n) is 16.0. The summed E-state index contributed by atoms with van der Waals surface area (Å²) in [5.74, 6) is 1.29. The molecule has 12 heteroatoms. The van der Waals surface area contributed by atoms with Crippen molar-refractivity contribution < 1.29 is 8.42 Å². The Balaban J connectivity index is 1.56. The topological polar surface area (TPSA) is 117 Å². The first-order chi connectivity index (χ1) is 13.9. The van der Waals surface area contributed by atoms with Crippen LogP contribution in [0.2, 0.25) is 0 Å². The van der Waals surface area contributed by atoms with Crippen LogP contribution in [0.3, 0.4) is 0 Å². The summed E-state index contributed by atoms with van der Waals surface area (Å²) in [4.78, 5) is 25.4. The SMILES string of the molecule is Cc1nc(NS(=O)(=O)c2nc(N3CCN(C)CC3)cs2)nc(-c2ccccn2)n1. The van der Waals surface area contributed by atoms with Crippen molar-refractivity contribution in [2.45, 2.75) is 11.3 Å². The zero-order chi connectivity index (χ0) is 20.4. The fourth-order valence-corrected chi connectivity index (χ4v) is 4.82. The number of anilines is 2. The molecule has 0 saturated carbocycles. The van der Waals surface area contributed by atoms with Crippen LogP contribution in [0.5, 0.6) is 0 Å². The van der Waals surface area contributed by atoms with Gasteiger partial charge < -0.3 is 9.80 Å². The number of pyridine rings is 1. The summed E-state index contributed by atoms with van der Waals surface area (Å²) in [7, 11) is -1.85. The molecule has 0 aromatic carbocycles. The minimum atomic E-state index is -3.91. The van der Waals surface area contributed by atoms with Gasteiger partial charge in [0.2, 0.25) is 10.3 Å². The number of piperazine rings is 1. The van der Waals surface area contributed by atoms with Crippen molar-refractivity contribution >= 4 is 33.1 Å². The van der Waals surface area contributed by atoms with E-state index in [9.17, 15) is 8.42 Å². The molecule has 1 fully saturated rings. The lowest BCUT2D eigenvalue weighted by Crippen LogP contribution is -2.44. The number of hydrogen-bond donors (Lipinski definition) is 1. The second-order valence-corrected chi connectivity index (χ2v) is 9.33. The van der Waals surface area contributed by atoms with E-state index in [4.69, 9.17) is 0 Å². The molecule has 0 spiro atoms. The summed E-state index contributed by atoms with van der Waals surface area (Å²) >= 11 is 1.07. The number of rotatable bonds is 5. The lowest BCUT2D eigenvalue weighted by Gasteiger charge is -2.32. The van der Waals surface area contributed by atoms with Crippen LogP contribution in [0.25, 0.3) is 11.5 Å². The number of nitrogens with zero attached hydrogens (tertiary/aromatic N) is 7. The second kappa shape index (κ2) is 7.97. The van der Waals surface area contributed by atoms with Gasteiger partial charge in [-0.05, 0) is 26.1 Å². The molecule has 10 nitrogen and oxygen atoms in total. The zero-order valence-corrected chi connectivity index (χ0v) is 17.6. The van der Waals surface area contributed by atoms with E-state index < -0.39 is 10.0 Å². The third-order valence-electron chi connectivity index (χ3n) is 4.40. The van der Waals surface area contributed by atoms with E-state index >= 15 is 0 Å². The van der Waals surface area contributed by atoms with Gasteiger partial charge in [-0.15, -0.1) is 11.3 Å². The van der Waals surface area contributed by atoms with E-state index in [0.717, 1.165) is 37.5 Å². The monoisotopic (exact) mass is 432 g/mol. The Labute approximate surface area is 172 Å². The number of hydrogen-bond acceptors (Lipinski definition) is 10. The molecule has 1 aliphatic heterocycles. The largest absolute Gasteiger partial charge is 0.353 e. The van der Waals surface area contributed by atoms with Crippen molar-refractivity contribution in [3.8, 4) is 11.5 Å². The van der Waals surface area contributed by atoms with Crippen LogP contribution >= 0.6 is 11.3 Å². The summed E-state index contributed by atoms with van der Waals surface area (Å²) in [6.07, 6.45) is 1.62. The van der Waals surface area contributed by atoms with Crippen LogP contribution in [-0.4, -0.2) is 71.5 Å². The average molecular weight is 433 g/mol. The van der Waals surface area contributed by atoms with Crippen molar-refractivity contribution in [3.63, 3.8) is 0 Å². The number of likely N-dealkylation sites (N-methyl/N-ethyl adjacent to an activating group) is 1. The molecule has 0 radical (unpaired) electrons. The minimum Gasteiger partial charge on any atom is -0.353 e. The smallest absolute Gasteiger partial charge is 0.291 e. The Hall–Kier alpha value is -2.70. The van der Waals surface area contributed by atoms with Gasteiger partial charge in [-0.25, -0.2) is 14.7 Å². The van der Waals surface area contributed by atoms with Crippen molar-refractivity contribution in [1.82, 2.24) is 29.8 Å². The van der Waals surface area contributed by atoms with Crippen molar-refractivity contribution in [3.05, 3.63) is 35.6 Å². The fraction of sp³-hybridized carbons (Fsp3) is 0.353.